The van der Waals surface area contributed by atoms with Crippen LogP contribution in [0.1, 0.15) is 0 Å². The first-order chi connectivity index (χ1) is 27.8. The maximum atomic E-state index is 6.70. The van der Waals surface area contributed by atoms with Crippen LogP contribution in [0.3, 0.4) is 0 Å². The van der Waals surface area contributed by atoms with E-state index in [1.807, 2.05) is 42.5 Å². The Bertz CT molecular complexity index is 3700. The van der Waals surface area contributed by atoms with Gasteiger partial charge in [-0.25, -0.2) is 0 Å². The Kier molecular flexibility index (Phi) is 5.86. The third-order valence-corrected chi connectivity index (χ3v) is 11.7. The van der Waals surface area contributed by atoms with Gasteiger partial charge in [-0.2, -0.15) is 0 Å². The molecule has 0 fully saturated rings. The molecular weight excluding hydrogens is 689 g/mol. The van der Waals surface area contributed by atoms with Crippen LogP contribution in [0, 0.1) is 0 Å². The summed E-state index contributed by atoms with van der Waals surface area (Å²) in [5.41, 5.74) is 11.5. The summed E-state index contributed by atoms with van der Waals surface area (Å²) in [5.74, 6) is 0.825. The molecule has 4 heteroatoms. The molecule has 0 aliphatic heterocycles. The summed E-state index contributed by atoms with van der Waals surface area (Å²) in [4.78, 5) is 0. The van der Waals surface area contributed by atoms with Crippen molar-refractivity contribution >= 4 is 98.3 Å². The zero-order chi connectivity index (χ0) is 36.5. The number of furan rings is 4. The quantitative estimate of drug-likeness (QED) is 0.171. The highest BCUT2D eigenvalue weighted by molar-refractivity contribution is 6.29. The standard InChI is InChI=1S/C52H28O4/c1-2-11-29(12-3-1)45-28-31-21-23-38-48-37(18-10-20-42(48)55-52(38)51(31)56-45)47-34-15-6-4-13-32(34)46(33-14-5-7-16-35(33)47)30-22-24-41-39(27-30)50-44(54-41)26-25-43-49(50)36-17-8-9-19-40(36)53-43/h1-28H. The van der Waals surface area contributed by atoms with Crippen LogP contribution >= 0.6 is 0 Å². The third kappa shape index (κ3) is 4.02. The number of hydrogen-bond acceptors (Lipinski definition) is 4. The fourth-order valence-electron chi connectivity index (χ4n) is 9.30. The van der Waals surface area contributed by atoms with Gasteiger partial charge in [0, 0.05) is 43.3 Å². The molecule has 0 amide bonds. The molecule has 0 saturated heterocycles. The van der Waals surface area contributed by atoms with Crippen molar-refractivity contribution in [1.82, 2.24) is 0 Å². The molecule has 56 heavy (non-hydrogen) atoms. The Hall–Kier alpha value is -7.56. The van der Waals surface area contributed by atoms with Crippen LogP contribution in [-0.4, -0.2) is 0 Å². The number of hydrogen-bond donors (Lipinski definition) is 0. The van der Waals surface area contributed by atoms with Crippen molar-refractivity contribution in [2.75, 3.05) is 0 Å². The molecule has 0 saturated carbocycles. The summed E-state index contributed by atoms with van der Waals surface area (Å²) in [5, 5.41) is 12.2. The maximum absolute atomic E-state index is 6.70. The van der Waals surface area contributed by atoms with Crippen molar-refractivity contribution in [1.29, 1.82) is 0 Å². The van der Waals surface area contributed by atoms with Gasteiger partial charge in [0.05, 0.1) is 0 Å². The Morgan fingerprint density at radius 1 is 0.286 bits per heavy atom. The highest BCUT2D eigenvalue weighted by Crippen LogP contribution is 2.49. The highest BCUT2D eigenvalue weighted by Gasteiger charge is 2.23. The first-order valence-electron chi connectivity index (χ1n) is 18.9. The molecule has 4 aromatic heterocycles. The van der Waals surface area contributed by atoms with E-state index in [0.29, 0.717) is 0 Å². The van der Waals surface area contributed by atoms with Crippen LogP contribution in [0.5, 0.6) is 0 Å². The van der Waals surface area contributed by atoms with Crippen LogP contribution < -0.4 is 0 Å². The average Bonchev–Trinajstić information content (AvgIpc) is 4.04. The first-order valence-corrected chi connectivity index (χ1v) is 18.9. The minimum absolute atomic E-state index is 0.761. The molecule has 4 nitrogen and oxygen atoms in total. The number of benzene rings is 9. The number of para-hydroxylation sites is 1. The van der Waals surface area contributed by atoms with E-state index in [4.69, 9.17) is 17.7 Å². The Morgan fingerprint density at radius 2 is 0.875 bits per heavy atom. The van der Waals surface area contributed by atoms with Crippen molar-refractivity contribution in [2.24, 2.45) is 0 Å². The maximum Gasteiger partial charge on any atom is 0.178 e. The molecule has 13 aromatic rings. The molecule has 9 aromatic carbocycles. The Balaban J connectivity index is 1.08. The topological polar surface area (TPSA) is 52.6 Å². The minimum atomic E-state index is 0.761. The van der Waals surface area contributed by atoms with E-state index >= 15 is 0 Å². The highest BCUT2D eigenvalue weighted by atomic mass is 16.4. The van der Waals surface area contributed by atoms with Crippen LogP contribution in [0.2, 0.25) is 0 Å². The molecule has 4 heterocycles. The lowest BCUT2D eigenvalue weighted by atomic mass is 9.84. The van der Waals surface area contributed by atoms with Crippen LogP contribution in [0.15, 0.2) is 188 Å². The molecule has 0 atom stereocenters. The van der Waals surface area contributed by atoms with Crippen molar-refractivity contribution in [3.8, 4) is 33.6 Å². The summed E-state index contributed by atoms with van der Waals surface area (Å²) in [6.45, 7) is 0. The molecule has 0 bridgehead atoms. The van der Waals surface area contributed by atoms with E-state index in [-0.39, 0.29) is 0 Å². The summed E-state index contributed by atoms with van der Waals surface area (Å²) >= 11 is 0. The van der Waals surface area contributed by atoms with Gasteiger partial charge in [-0.15, -0.1) is 0 Å². The van der Waals surface area contributed by atoms with Gasteiger partial charge >= 0.3 is 0 Å². The van der Waals surface area contributed by atoms with Gasteiger partial charge in [0.15, 0.2) is 11.2 Å². The fraction of sp³-hybridized carbons (Fsp3) is 0. The van der Waals surface area contributed by atoms with Gasteiger partial charge in [0.25, 0.3) is 0 Å². The van der Waals surface area contributed by atoms with E-state index in [2.05, 4.69) is 127 Å². The summed E-state index contributed by atoms with van der Waals surface area (Å²) in [7, 11) is 0. The van der Waals surface area contributed by atoms with Gasteiger partial charge in [-0.05, 0) is 92.3 Å². The van der Waals surface area contributed by atoms with Gasteiger partial charge in [-0.3, -0.25) is 0 Å². The largest absolute Gasteiger partial charge is 0.456 e. The van der Waals surface area contributed by atoms with Crippen molar-refractivity contribution in [2.45, 2.75) is 0 Å². The lowest BCUT2D eigenvalue weighted by Gasteiger charge is -2.18. The average molecular weight is 717 g/mol. The van der Waals surface area contributed by atoms with Crippen LogP contribution in [0.4, 0.5) is 0 Å². The SMILES string of the molecule is c1ccc(-c2cc3ccc4c(oc5cccc(-c6c7ccccc7c(-c7ccc8oc9ccc%10oc%11ccccc%11c%10c9c8c7)c7ccccc67)c54)c3o2)cc1. The number of fused-ring (bicyclic) bond motifs is 14. The van der Waals surface area contributed by atoms with Gasteiger partial charge in [-0.1, -0.05) is 121 Å². The van der Waals surface area contributed by atoms with Crippen molar-refractivity contribution < 1.29 is 17.7 Å². The molecule has 0 spiro atoms. The summed E-state index contributed by atoms with van der Waals surface area (Å²) in [6, 6.07) is 59.5. The smallest absolute Gasteiger partial charge is 0.178 e. The minimum Gasteiger partial charge on any atom is -0.456 e. The fourth-order valence-corrected chi connectivity index (χ4v) is 9.30. The molecule has 0 radical (unpaired) electrons. The molecular formula is C52H28O4. The molecule has 0 N–H and O–H groups in total. The second kappa shape index (κ2) is 11.0. The molecule has 260 valence electrons. The lowest BCUT2D eigenvalue weighted by molar-refractivity contribution is 0.611. The Labute approximate surface area is 318 Å². The van der Waals surface area contributed by atoms with Crippen molar-refractivity contribution in [3.63, 3.8) is 0 Å². The Morgan fingerprint density at radius 3 is 1.62 bits per heavy atom. The van der Waals surface area contributed by atoms with Crippen LogP contribution in [-0.2, 0) is 0 Å². The second-order valence-electron chi connectivity index (χ2n) is 14.7. The van der Waals surface area contributed by atoms with E-state index < -0.39 is 0 Å². The normalized spacial score (nSPS) is 12.3. The first kappa shape index (κ1) is 29.8. The zero-order valence-electron chi connectivity index (χ0n) is 29.8. The van der Waals surface area contributed by atoms with Gasteiger partial charge in [0.1, 0.15) is 33.7 Å². The van der Waals surface area contributed by atoms with Crippen molar-refractivity contribution in [3.05, 3.63) is 170 Å². The molecule has 0 aliphatic rings. The number of rotatable bonds is 3. The molecule has 0 aliphatic carbocycles. The predicted molar refractivity (Wildman–Crippen MR) is 229 cm³/mol. The van der Waals surface area contributed by atoms with E-state index in [0.717, 1.165) is 99.2 Å². The predicted octanol–water partition coefficient (Wildman–Crippen LogP) is 15.4. The molecule has 0 unspecified atom stereocenters. The third-order valence-electron chi connectivity index (χ3n) is 11.7. The van der Waals surface area contributed by atoms with E-state index in [9.17, 15) is 0 Å². The monoisotopic (exact) mass is 716 g/mol. The van der Waals surface area contributed by atoms with Gasteiger partial charge in [0.2, 0.25) is 0 Å². The second-order valence-corrected chi connectivity index (χ2v) is 14.7. The van der Waals surface area contributed by atoms with Gasteiger partial charge < -0.3 is 17.7 Å². The molecule has 13 rings (SSSR count). The van der Waals surface area contributed by atoms with E-state index in [1.165, 1.54) is 32.7 Å². The zero-order valence-corrected chi connectivity index (χ0v) is 29.8. The lowest BCUT2D eigenvalue weighted by Crippen LogP contribution is -1.91. The summed E-state index contributed by atoms with van der Waals surface area (Å²) in [6.07, 6.45) is 0. The van der Waals surface area contributed by atoms with E-state index in [1.54, 1.807) is 0 Å². The summed E-state index contributed by atoms with van der Waals surface area (Å²) < 4.78 is 26.0. The van der Waals surface area contributed by atoms with Crippen LogP contribution in [0.25, 0.3) is 132 Å².